The van der Waals surface area contributed by atoms with Crippen molar-refractivity contribution < 1.29 is 0 Å². The number of hydrogen-bond acceptors (Lipinski definition) is 4. The van der Waals surface area contributed by atoms with Crippen LogP contribution >= 0.6 is 0 Å². The van der Waals surface area contributed by atoms with Crippen LogP contribution in [0.2, 0.25) is 0 Å². The van der Waals surface area contributed by atoms with Crippen LogP contribution in [0.5, 0.6) is 0 Å². The Kier molecular flexibility index (Phi) is 2.88. The van der Waals surface area contributed by atoms with Gasteiger partial charge >= 0.3 is 0 Å². The molecule has 1 fully saturated rings. The average Bonchev–Trinajstić information content (AvgIpc) is 3.03. The topological polar surface area (TPSA) is 68.6 Å². The van der Waals surface area contributed by atoms with Gasteiger partial charge in [0.1, 0.15) is 11.9 Å². The van der Waals surface area contributed by atoms with Crippen molar-refractivity contribution in [3.63, 3.8) is 0 Å². The third kappa shape index (κ3) is 1.99. The number of anilines is 1. The number of rotatable bonds is 1. The summed E-state index contributed by atoms with van der Waals surface area (Å²) in [6.45, 7) is 1.04. The summed E-state index contributed by atoms with van der Waals surface area (Å²) in [5, 5.41) is 8.90. The van der Waals surface area contributed by atoms with E-state index in [0.717, 1.165) is 31.6 Å². The van der Waals surface area contributed by atoms with Crippen LogP contribution in [0.3, 0.4) is 0 Å². The van der Waals surface area contributed by atoms with Crippen molar-refractivity contribution in [1.29, 1.82) is 5.26 Å². The number of H-pyrrole nitrogens is 1. The fourth-order valence-electron chi connectivity index (χ4n) is 3.78. The Hall–Kier alpha value is -2.35. The zero-order chi connectivity index (χ0) is 14.2. The number of nitriles is 1. The molecule has 3 heterocycles. The largest absolute Gasteiger partial charge is 0.353 e. The quantitative estimate of drug-likeness (QED) is 0.870. The van der Waals surface area contributed by atoms with E-state index in [2.05, 4.69) is 25.9 Å². The molecule has 0 saturated carbocycles. The fourth-order valence-corrected chi connectivity index (χ4v) is 3.78. The maximum Gasteiger partial charge on any atom is 0.128 e. The van der Waals surface area contributed by atoms with Gasteiger partial charge in [-0.1, -0.05) is 0 Å². The molecule has 1 aliphatic heterocycles. The molecule has 21 heavy (non-hydrogen) atoms. The summed E-state index contributed by atoms with van der Waals surface area (Å²) < 4.78 is 0. The molecule has 4 rings (SSSR count). The molecule has 0 amide bonds. The Labute approximate surface area is 123 Å². The van der Waals surface area contributed by atoms with Crippen LogP contribution in [-0.4, -0.2) is 27.5 Å². The number of nitrogens with one attached hydrogen (secondary N) is 1. The zero-order valence-corrected chi connectivity index (χ0v) is 11.8. The molecular weight excluding hydrogens is 262 g/mol. The SMILES string of the molecule is N#Cc1ccc(N2CCCC3c4nc[nH]c4CCC32)nc1. The van der Waals surface area contributed by atoms with E-state index in [0.29, 0.717) is 17.5 Å². The molecule has 2 atom stereocenters. The molecule has 2 unspecified atom stereocenters. The number of fused-ring (bicyclic) bond motifs is 3. The third-order valence-corrected chi connectivity index (χ3v) is 4.74. The molecule has 2 aliphatic rings. The van der Waals surface area contributed by atoms with Gasteiger partial charge in [-0.15, -0.1) is 0 Å². The lowest BCUT2D eigenvalue weighted by Gasteiger charge is -2.44. The van der Waals surface area contributed by atoms with Crippen molar-refractivity contribution >= 4 is 5.82 Å². The molecule has 106 valence electrons. The second-order valence-electron chi connectivity index (χ2n) is 5.83. The third-order valence-electron chi connectivity index (χ3n) is 4.74. The lowest BCUT2D eigenvalue weighted by atomic mass is 9.79. The molecule has 1 aliphatic carbocycles. The molecular formula is C16H17N5. The summed E-state index contributed by atoms with van der Waals surface area (Å²) in [7, 11) is 0. The van der Waals surface area contributed by atoms with Gasteiger partial charge in [0.2, 0.25) is 0 Å². The van der Waals surface area contributed by atoms with Crippen LogP contribution in [-0.2, 0) is 6.42 Å². The van der Waals surface area contributed by atoms with E-state index < -0.39 is 0 Å². The minimum Gasteiger partial charge on any atom is -0.353 e. The van der Waals surface area contributed by atoms with Crippen LogP contribution in [0.1, 0.15) is 42.1 Å². The van der Waals surface area contributed by atoms with E-state index in [9.17, 15) is 0 Å². The number of pyridine rings is 1. The Balaban J connectivity index is 1.66. The van der Waals surface area contributed by atoms with Crippen LogP contribution in [0.15, 0.2) is 24.7 Å². The molecule has 0 spiro atoms. The molecule has 5 heteroatoms. The lowest BCUT2D eigenvalue weighted by molar-refractivity contribution is 0.357. The van der Waals surface area contributed by atoms with Gasteiger partial charge in [-0.05, 0) is 37.8 Å². The second kappa shape index (κ2) is 4.88. The number of aromatic amines is 1. The van der Waals surface area contributed by atoms with E-state index in [4.69, 9.17) is 5.26 Å². The smallest absolute Gasteiger partial charge is 0.128 e. The van der Waals surface area contributed by atoms with Crippen molar-refractivity contribution in [3.05, 3.63) is 41.6 Å². The van der Waals surface area contributed by atoms with Crippen LogP contribution < -0.4 is 4.90 Å². The van der Waals surface area contributed by atoms with Gasteiger partial charge in [0, 0.05) is 30.4 Å². The highest BCUT2D eigenvalue weighted by Crippen LogP contribution is 2.40. The first-order valence-electron chi connectivity index (χ1n) is 7.52. The summed E-state index contributed by atoms with van der Waals surface area (Å²) in [6.07, 6.45) is 8.06. The van der Waals surface area contributed by atoms with Gasteiger partial charge in [0.25, 0.3) is 0 Å². The van der Waals surface area contributed by atoms with Crippen molar-refractivity contribution in [1.82, 2.24) is 15.0 Å². The number of nitrogens with zero attached hydrogens (tertiary/aromatic N) is 4. The van der Waals surface area contributed by atoms with Crippen molar-refractivity contribution in [2.45, 2.75) is 37.6 Å². The van der Waals surface area contributed by atoms with E-state index in [-0.39, 0.29) is 0 Å². The zero-order valence-electron chi connectivity index (χ0n) is 11.8. The summed E-state index contributed by atoms with van der Waals surface area (Å²) in [5.41, 5.74) is 3.18. The van der Waals surface area contributed by atoms with Crippen LogP contribution in [0.25, 0.3) is 0 Å². The van der Waals surface area contributed by atoms with Crippen LogP contribution in [0.4, 0.5) is 5.82 Å². The maximum absolute atomic E-state index is 8.90. The molecule has 1 N–H and O–H groups in total. The van der Waals surface area contributed by atoms with Crippen molar-refractivity contribution in [3.8, 4) is 6.07 Å². The van der Waals surface area contributed by atoms with Gasteiger partial charge in [-0.25, -0.2) is 9.97 Å². The van der Waals surface area contributed by atoms with E-state index in [1.165, 1.54) is 17.8 Å². The number of piperidine rings is 1. The minimum absolute atomic E-state index is 0.481. The summed E-state index contributed by atoms with van der Waals surface area (Å²) in [6, 6.07) is 6.44. The first kappa shape index (κ1) is 12.4. The summed E-state index contributed by atoms with van der Waals surface area (Å²) >= 11 is 0. The number of aryl methyl sites for hydroxylation is 1. The minimum atomic E-state index is 0.481. The number of hydrogen-bond donors (Lipinski definition) is 1. The van der Waals surface area contributed by atoms with Gasteiger partial charge in [0.15, 0.2) is 0 Å². The second-order valence-corrected chi connectivity index (χ2v) is 5.83. The maximum atomic E-state index is 8.90. The average molecular weight is 279 g/mol. The Morgan fingerprint density at radius 2 is 2.24 bits per heavy atom. The Morgan fingerprint density at radius 3 is 3.05 bits per heavy atom. The van der Waals surface area contributed by atoms with Crippen molar-refractivity contribution in [2.75, 3.05) is 11.4 Å². The van der Waals surface area contributed by atoms with Gasteiger partial charge in [-0.2, -0.15) is 5.26 Å². The predicted octanol–water partition coefficient (Wildman–Crippen LogP) is 2.38. The molecule has 1 saturated heterocycles. The molecule has 5 nitrogen and oxygen atoms in total. The first-order chi connectivity index (χ1) is 10.4. The van der Waals surface area contributed by atoms with Gasteiger partial charge in [0.05, 0.1) is 17.6 Å². The molecule has 0 aromatic carbocycles. The number of aromatic nitrogens is 3. The van der Waals surface area contributed by atoms with Crippen LogP contribution in [0, 0.1) is 11.3 Å². The van der Waals surface area contributed by atoms with E-state index in [1.54, 1.807) is 6.20 Å². The lowest BCUT2D eigenvalue weighted by Crippen LogP contribution is -2.47. The predicted molar refractivity (Wildman–Crippen MR) is 79.0 cm³/mol. The fraction of sp³-hybridized carbons (Fsp3) is 0.438. The van der Waals surface area contributed by atoms with Gasteiger partial charge < -0.3 is 9.88 Å². The standard InChI is InChI=1S/C16H17N5/c17-8-11-3-6-15(18-9-11)21-7-1-2-12-14(21)5-4-13-16(12)20-10-19-13/h3,6,9-10,12,14H,1-2,4-5,7H2,(H,19,20). The monoisotopic (exact) mass is 279 g/mol. The van der Waals surface area contributed by atoms with Gasteiger partial charge in [-0.3, -0.25) is 0 Å². The van der Waals surface area contributed by atoms with E-state index >= 15 is 0 Å². The first-order valence-corrected chi connectivity index (χ1v) is 7.52. The molecule has 2 aromatic heterocycles. The summed E-state index contributed by atoms with van der Waals surface area (Å²) in [5.74, 6) is 1.49. The highest BCUT2D eigenvalue weighted by molar-refractivity contribution is 5.45. The normalized spacial score (nSPS) is 24.0. The highest BCUT2D eigenvalue weighted by Gasteiger charge is 2.38. The van der Waals surface area contributed by atoms with E-state index in [1.807, 2.05) is 18.5 Å². The number of imidazole rings is 1. The highest BCUT2D eigenvalue weighted by atomic mass is 15.2. The van der Waals surface area contributed by atoms with Crippen molar-refractivity contribution in [2.24, 2.45) is 0 Å². The molecule has 2 aromatic rings. The molecule has 0 bridgehead atoms. The Bertz CT molecular complexity index is 681. The Morgan fingerprint density at radius 1 is 1.29 bits per heavy atom. The molecule has 0 radical (unpaired) electrons. The summed E-state index contributed by atoms with van der Waals surface area (Å²) in [4.78, 5) is 14.7.